The third-order valence-electron chi connectivity index (χ3n) is 5.30. The summed E-state index contributed by atoms with van der Waals surface area (Å²) < 4.78 is 11.3. The minimum absolute atomic E-state index is 0.232. The molecular weight excluding hydrogens is 400 g/mol. The maximum absolute atomic E-state index is 13.7. The van der Waals surface area contributed by atoms with Gasteiger partial charge in [-0.2, -0.15) is 0 Å². The lowest BCUT2D eigenvalue weighted by Crippen LogP contribution is -2.13. The van der Waals surface area contributed by atoms with Crippen LogP contribution in [-0.2, 0) is 0 Å². The van der Waals surface area contributed by atoms with Gasteiger partial charge >= 0.3 is 0 Å². The Balaban J connectivity index is 1.99. The van der Waals surface area contributed by atoms with Crippen LogP contribution in [0.1, 0.15) is 31.8 Å². The van der Waals surface area contributed by atoms with Crippen LogP contribution in [0.5, 0.6) is 11.5 Å². The number of benzene rings is 4. The van der Waals surface area contributed by atoms with Gasteiger partial charge in [0.05, 0.1) is 19.8 Å². The summed E-state index contributed by atoms with van der Waals surface area (Å²) in [4.78, 5) is 27.1. The van der Waals surface area contributed by atoms with Crippen molar-refractivity contribution in [2.45, 2.75) is 0 Å². The van der Waals surface area contributed by atoms with E-state index in [1.807, 2.05) is 36.4 Å². The van der Waals surface area contributed by atoms with Crippen molar-refractivity contribution in [1.29, 1.82) is 0 Å². The molecule has 4 aromatic rings. The zero-order valence-electron chi connectivity index (χ0n) is 17.9. The molecule has 0 heterocycles. The van der Waals surface area contributed by atoms with Gasteiger partial charge < -0.3 is 9.47 Å². The Kier molecular flexibility index (Phi) is 6.13. The number of hydrogen-bond donors (Lipinski definition) is 0. The number of carbonyl (C=O) groups is 2. The molecule has 4 rings (SSSR count). The number of ketones is 2. The molecule has 0 aliphatic carbocycles. The van der Waals surface area contributed by atoms with Gasteiger partial charge in [0.1, 0.15) is 11.5 Å². The second-order valence-corrected chi connectivity index (χ2v) is 7.16. The summed E-state index contributed by atoms with van der Waals surface area (Å²) in [7, 11) is 3.10. The average Bonchev–Trinajstić information content (AvgIpc) is 2.87. The number of para-hydroxylation sites is 1. The van der Waals surface area contributed by atoms with Gasteiger partial charge in [-0.15, -0.1) is 0 Å². The van der Waals surface area contributed by atoms with Crippen molar-refractivity contribution < 1.29 is 19.1 Å². The summed E-state index contributed by atoms with van der Waals surface area (Å²) in [5.74, 6) is 0.462. The maximum atomic E-state index is 13.7. The predicted molar refractivity (Wildman–Crippen MR) is 125 cm³/mol. The molecule has 0 spiro atoms. The first-order valence-corrected chi connectivity index (χ1v) is 10.2. The Labute approximate surface area is 187 Å². The number of methoxy groups -OCH3 is 2. The molecule has 0 radical (unpaired) electrons. The maximum Gasteiger partial charge on any atom is 0.197 e. The topological polar surface area (TPSA) is 52.6 Å². The number of rotatable bonds is 7. The molecule has 0 aromatic heterocycles. The summed E-state index contributed by atoms with van der Waals surface area (Å²) in [6.45, 7) is 0. The molecule has 0 bridgehead atoms. The summed E-state index contributed by atoms with van der Waals surface area (Å²) in [5, 5.41) is 0. The van der Waals surface area contributed by atoms with Crippen LogP contribution < -0.4 is 9.47 Å². The van der Waals surface area contributed by atoms with Crippen LogP contribution in [-0.4, -0.2) is 25.8 Å². The zero-order valence-corrected chi connectivity index (χ0v) is 17.9. The van der Waals surface area contributed by atoms with Crippen molar-refractivity contribution in [3.63, 3.8) is 0 Å². The Morgan fingerprint density at radius 2 is 1.12 bits per heavy atom. The highest BCUT2D eigenvalue weighted by molar-refractivity contribution is 6.21. The third kappa shape index (κ3) is 3.91. The lowest BCUT2D eigenvalue weighted by Gasteiger charge is -2.18. The molecule has 0 unspecified atom stereocenters. The fourth-order valence-corrected chi connectivity index (χ4v) is 3.77. The van der Waals surface area contributed by atoms with E-state index < -0.39 is 0 Å². The van der Waals surface area contributed by atoms with Gasteiger partial charge in [0.2, 0.25) is 0 Å². The van der Waals surface area contributed by atoms with Gasteiger partial charge in [0.25, 0.3) is 0 Å². The van der Waals surface area contributed by atoms with E-state index in [1.54, 1.807) is 67.8 Å². The summed E-state index contributed by atoms with van der Waals surface area (Å²) in [6.07, 6.45) is 0. The third-order valence-corrected chi connectivity index (χ3v) is 5.30. The van der Waals surface area contributed by atoms with Crippen LogP contribution >= 0.6 is 0 Å². The molecule has 0 saturated heterocycles. The number of carbonyl (C=O) groups excluding carboxylic acids is 2. The minimum atomic E-state index is -0.279. The van der Waals surface area contributed by atoms with E-state index in [0.717, 1.165) is 5.56 Å². The Morgan fingerprint density at radius 1 is 0.562 bits per heavy atom. The van der Waals surface area contributed by atoms with Gasteiger partial charge in [-0.25, -0.2) is 0 Å². The molecular formula is C28H22O4. The minimum Gasteiger partial charge on any atom is -0.496 e. The smallest absolute Gasteiger partial charge is 0.197 e. The second-order valence-electron chi connectivity index (χ2n) is 7.16. The first-order chi connectivity index (χ1) is 15.7. The van der Waals surface area contributed by atoms with E-state index in [1.165, 1.54) is 7.11 Å². The van der Waals surface area contributed by atoms with Crippen LogP contribution in [0, 0.1) is 0 Å². The SMILES string of the molecule is COc1ccccc1-c1ccc(C(=O)c2ccccc2)c(C(=O)c2ccccc2)c1OC. The monoisotopic (exact) mass is 422 g/mol. The van der Waals surface area contributed by atoms with Gasteiger partial charge in [-0.05, 0) is 18.2 Å². The molecule has 0 aliphatic heterocycles. The Morgan fingerprint density at radius 3 is 1.72 bits per heavy atom. The summed E-state index contributed by atoms with van der Waals surface area (Å²) in [5.41, 5.74) is 2.95. The van der Waals surface area contributed by atoms with E-state index in [0.29, 0.717) is 33.8 Å². The van der Waals surface area contributed by atoms with Gasteiger partial charge in [0, 0.05) is 27.8 Å². The molecule has 0 N–H and O–H groups in total. The summed E-state index contributed by atoms with van der Waals surface area (Å²) in [6, 6.07) is 28.8. The molecule has 32 heavy (non-hydrogen) atoms. The molecule has 0 amide bonds. The molecule has 0 aliphatic rings. The van der Waals surface area contributed by atoms with Crippen molar-refractivity contribution in [3.05, 3.63) is 119 Å². The number of hydrogen-bond acceptors (Lipinski definition) is 4. The molecule has 4 heteroatoms. The highest BCUT2D eigenvalue weighted by Gasteiger charge is 2.27. The van der Waals surface area contributed by atoms with E-state index in [2.05, 4.69) is 0 Å². The molecule has 0 saturated carbocycles. The Hall–Kier alpha value is -4.18. The first kappa shape index (κ1) is 21.1. The fourth-order valence-electron chi connectivity index (χ4n) is 3.77. The molecule has 158 valence electrons. The highest BCUT2D eigenvalue weighted by Crippen LogP contribution is 2.40. The quantitative estimate of drug-likeness (QED) is 0.352. The van der Waals surface area contributed by atoms with E-state index in [-0.39, 0.29) is 17.1 Å². The van der Waals surface area contributed by atoms with Crippen LogP contribution in [0.25, 0.3) is 11.1 Å². The molecule has 4 aromatic carbocycles. The van der Waals surface area contributed by atoms with E-state index in [4.69, 9.17) is 9.47 Å². The van der Waals surface area contributed by atoms with Crippen molar-refractivity contribution in [1.82, 2.24) is 0 Å². The van der Waals surface area contributed by atoms with Gasteiger partial charge in [-0.1, -0.05) is 78.9 Å². The first-order valence-electron chi connectivity index (χ1n) is 10.2. The second kappa shape index (κ2) is 9.31. The van der Waals surface area contributed by atoms with Crippen molar-refractivity contribution in [3.8, 4) is 22.6 Å². The van der Waals surface area contributed by atoms with Crippen LogP contribution in [0.15, 0.2) is 97.1 Å². The highest BCUT2D eigenvalue weighted by atomic mass is 16.5. The largest absolute Gasteiger partial charge is 0.496 e. The van der Waals surface area contributed by atoms with Crippen LogP contribution in [0.2, 0.25) is 0 Å². The normalized spacial score (nSPS) is 10.4. The number of ether oxygens (including phenoxy) is 2. The van der Waals surface area contributed by atoms with Gasteiger partial charge in [-0.3, -0.25) is 9.59 Å². The fraction of sp³-hybridized carbons (Fsp3) is 0.0714. The standard InChI is InChI=1S/C28H22O4/c1-31-24-16-10-9-15-21(24)22-17-18-23(26(29)19-11-5-3-6-12-19)25(28(22)32-2)27(30)20-13-7-4-8-14-20/h3-18H,1-2H3. The molecule has 0 fully saturated rings. The molecule has 4 nitrogen and oxygen atoms in total. The van der Waals surface area contributed by atoms with Crippen molar-refractivity contribution in [2.75, 3.05) is 14.2 Å². The Bertz CT molecular complexity index is 1260. The zero-order chi connectivity index (χ0) is 22.5. The van der Waals surface area contributed by atoms with Crippen LogP contribution in [0.3, 0.4) is 0 Å². The van der Waals surface area contributed by atoms with Crippen molar-refractivity contribution in [2.24, 2.45) is 0 Å². The van der Waals surface area contributed by atoms with Gasteiger partial charge in [0.15, 0.2) is 11.6 Å². The predicted octanol–water partition coefficient (Wildman–Crippen LogP) is 5.83. The molecule has 0 atom stereocenters. The van der Waals surface area contributed by atoms with E-state index in [9.17, 15) is 9.59 Å². The van der Waals surface area contributed by atoms with Crippen LogP contribution in [0.4, 0.5) is 0 Å². The summed E-state index contributed by atoms with van der Waals surface area (Å²) >= 11 is 0. The lowest BCUT2D eigenvalue weighted by molar-refractivity contribution is 0.100. The lowest BCUT2D eigenvalue weighted by atomic mass is 9.89. The van der Waals surface area contributed by atoms with Crippen molar-refractivity contribution >= 4 is 11.6 Å². The average molecular weight is 422 g/mol. The van der Waals surface area contributed by atoms with E-state index >= 15 is 0 Å².